The van der Waals surface area contributed by atoms with Crippen molar-refractivity contribution >= 4 is 23.1 Å². The lowest BCUT2D eigenvalue weighted by Crippen LogP contribution is -2.11. The predicted octanol–water partition coefficient (Wildman–Crippen LogP) is 4.67. The molecule has 25 heavy (non-hydrogen) atoms. The summed E-state index contributed by atoms with van der Waals surface area (Å²) in [4.78, 5) is 24.3. The number of rotatable bonds is 5. The second-order valence-electron chi connectivity index (χ2n) is 5.72. The molecule has 0 aliphatic carbocycles. The Hall–Kier alpha value is -3.40. The summed E-state index contributed by atoms with van der Waals surface area (Å²) < 4.78 is 0. The maximum atomic E-state index is 12.9. The minimum Gasteiger partial charge on any atom is -0.478 e. The SMILES string of the molecule is Cc1ccc(Nc2ccccc2C(=O)c2ccccc2C(=O)O)cc1. The van der Waals surface area contributed by atoms with Gasteiger partial charge in [-0.2, -0.15) is 0 Å². The molecule has 0 atom stereocenters. The van der Waals surface area contributed by atoms with E-state index in [-0.39, 0.29) is 16.9 Å². The molecule has 124 valence electrons. The minimum atomic E-state index is -1.12. The molecule has 0 fully saturated rings. The fraction of sp³-hybridized carbons (Fsp3) is 0.0476. The number of ketones is 1. The van der Waals surface area contributed by atoms with Crippen LogP contribution in [-0.2, 0) is 0 Å². The predicted molar refractivity (Wildman–Crippen MR) is 97.7 cm³/mol. The molecule has 0 amide bonds. The van der Waals surface area contributed by atoms with Gasteiger partial charge in [0.1, 0.15) is 0 Å². The zero-order chi connectivity index (χ0) is 17.8. The van der Waals surface area contributed by atoms with E-state index in [1.54, 1.807) is 30.3 Å². The van der Waals surface area contributed by atoms with Crippen LogP contribution in [-0.4, -0.2) is 16.9 Å². The molecule has 3 rings (SSSR count). The molecule has 0 aliphatic rings. The summed E-state index contributed by atoms with van der Waals surface area (Å²) >= 11 is 0. The van der Waals surface area contributed by atoms with Crippen LogP contribution >= 0.6 is 0 Å². The first-order valence-electron chi connectivity index (χ1n) is 7.86. The zero-order valence-electron chi connectivity index (χ0n) is 13.7. The number of hydrogen-bond donors (Lipinski definition) is 2. The number of carbonyl (C=O) groups excluding carboxylic acids is 1. The number of anilines is 2. The van der Waals surface area contributed by atoms with E-state index in [4.69, 9.17) is 0 Å². The Morgan fingerprint density at radius 3 is 1.96 bits per heavy atom. The van der Waals surface area contributed by atoms with E-state index in [9.17, 15) is 14.7 Å². The molecule has 0 aliphatic heterocycles. The van der Waals surface area contributed by atoms with Gasteiger partial charge in [-0.1, -0.05) is 48.0 Å². The Morgan fingerprint density at radius 1 is 0.760 bits per heavy atom. The van der Waals surface area contributed by atoms with Crippen molar-refractivity contribution in [3.05, 3.63) is 95.1 Å². The third-order valence-electron chi connectivity index (χ3n) is 3.90. The number of hydrogen-bond acceptors (Lipinski definition) is 3. The largest absolute Gasteiger partial charge is 0.478 e. The first-order valence-corrected chi connectivity index (χ1v) is 7.86. The highest BCUT2D eigenvalue weighted by Gasteiger charge is 2.19. The quantitative estimate of drug-likeness (QED) is 0.667. The van der Waals surface area contributed by atoms with Crippen molar-refractivity contribution < 1.29 is 14.7 Å². The van der Waals surface area contributed by atoms with Gasteiger partial charge in [-0.25, -0.2) is 4.79 Å². The molecule has 4 nitrogen and oxygen atoms in total. The van der Waals surface area contributed by atoms with Crippen molar-refractivity contribution in [2.45, 2.75) is 6.92 Å². The maximum Gasteiger partial charge on any atom is 0.336 e. The highest BCUT2D eigenvalue weighted by molar-refractivity contribution is 6.16. The van der Waals surface area contributed by atoms with Crippen molar-refractivity contribution in [3.63, 3.8) is 0 Å². The Balaban J connectivity index is 2.00. The summed E-state index contributed by atoms with van der Waals surface area (Å²) in [5, 5.41) is 12.6. The molecule has 0 bridgehead atoms. The van der Waals surface area contributed by atoms with Crippen molar-refractivity contribution in [2.24, 2.45) is 0 Å². The van der Waals surface area contributed by atoms with E-state index in [2.05, 4.69) is 5.32 Å². The summed E-state index contributed by atoms with van der Waals surface area (Å²) in [6.45, 7) is 2.00. The molecule has 0 saturated heterocycles. The lowest BCUT2D eigenvalue weighted by molar-refractivity contribution is 0.0693. The molecule has 0 heterocycles. The molecule has 0 radical (unpaired) electrons. The van der Waals surface area contributed by atoms with Crippen LogP contribution in [0, 0.1) is 6.92 Å². The topological polar surface area (TPSA) is 66.4 Å². The molecule has 4 heteroatoms. The van der Waals surface area contributed by atoms with Crippen molar-refractivity contribution in [1.82, 2.24) is 0 Å². The average Bonchev–Trinajstić information content (AvgIpc) is 2.63. The summed E-state index contributed by atoms with van der Waals surface area (Å²) in [5.41, 5.74) is 3.24. The standard InChI is InChI=1S/C21H17NO3/c1-14-10-12-15(13-11-14)22-19-9-5-4-8-18(19)20(23)16-6-2-3-7-17(16)21(24)25/h2-13,22H,1H3,(H,24,25). The van der Waals surface area contributed by atoms with Gasteiger partial charge in [0, 0.05) is 22.5 Å². The van der Waals surface area contributed by atoms with Gasteiger partial charge >= 0.3 is 5.97 Å². The molecular formula is C21H17NO3. The average molecular weight is 331 g/mol. The van der Waals surface area contributed by atoms with E-state index in [0.717, 1.165) is 11.3 Å². The molecule has 0 saturated carbocycles. The minimum absolute atomic E-state index is 0.00219. The van der Waals surface area contributed by atoms with E-state index in [0.29, 0.717) is 11.3 Å². The first-order chi connectivity index (χ1) is 12.1. The fourth-order valence-corrected chi connectivity index (χ4v) is 2.60. The molecule has 2 N–H and O–H groups in total. The van der Waals surface area contributed by atoms with Crippen LogP contribution in [0.25, 0.3) is 0 Å². The number of carboxylic acid groups (broad SMARTS) is 1. The zero-order valence-corrected chi connectivity index (χ0v) is 13.7. The van der Waals surface area contributed by atoms with E-state index >= 15 is 0 Å². The third-order valence-corrected chi connectivity index (χ3v) is 3.90. The van der Waals surface area contributed by atoms with Gasteiger partial charge in [0.15, 0.2) is 5.78 Å². The van der Waals surface area contributed by atoms with Crippen LogP contribution in [0.2, 0.25) is 0 Å². The molecule has 0 spiro atoms. The summed E-state index contributed by atoms with van der Waals surface area (Å²) in [7, 11) is 0. The lowest BCUT2D eigenvalue weighted by Gasteiger charge is -2.12. The van der Waals surface area contributed by atoms with Gasteiger partial charge in [-0.3, -0.25) is 4.79 Å². The van der Waals surface area contributed by atoms with Gasteiger partial charge in [-0.15, -0.1) is 0 Å². The number of aryl methyl sites for hydroxylation is 1. The number of carboxylic acids is 1. The molecule has 3 aromatic rings. The van der Waals surface area contributed by atoms with E-state index in [1.165, 1.54) is 12.1 Å². The second kappa shape index (κ2) is 7.01. The van der Waals surface area contributed by atoms with Gasteiger partial charge in [0.2, 0.25) is 0 Å². The van der Waals surface area contributed by atoms with Crippen LogP contribution in [0.5, 0.6) is 0 Å². The van der Waals surface area contributed by atoms with Crippen LogP contribution in [0.15, 0.2) is 72.8 Å². The van der Waals surface area contributed by atoms with Crippen molar-refractivity contribution in [2.75, 3.05) is 5.32 Å². The van der Waals surface area contributed by atoms with Crippen molar-refractivity contribution in [1.29, 1.82) is 0 Å². The monoisotopic (exact) mass is 331 g/mol. The highest BCUT2D eigenvalue weighted by Crippen LogP contribution is 2.25. The number of aromatic carboxylic acids is 1. The number of nitrogens with one attached hydrogen (secondary N) is 1. The fourth-order valence-electron chi connectivity index (χ4n) is 2.60. The Kier molecular flexibility index (Phi) is 4.61. The normalized spacial score (nSPS) is 10.3. The second-order valence-corrected chi connectivity index (χ2v) is 5.72. The van der Waals surface area contributed by atoms with Crippen LogP contribution in [0.1, 0.15) is 31.8 Å². The van der Waals surface area contributed by atoms with Gasteiger partial charge < -0.3 is 10.4 Å². The van der Waals surface area contributed by atoms with Gasteiger partial charge in [0.25, 0.3) is 0 Å². The van der Waals surface area contributed by atoms with Crippen LogP contribution in [0.4, 0.5) is 11.4 Å². The number of benzene rings is 3. The third kappa shape index (κ3) is 3.58. The highest BCUT2D eigenvalue weighted by atomic mass is 16.4. The Bertz CT molecular complexity index is 930. The molecule has 0 unspecified atom stereocenters. The molecular weight excluding hydrogens is 314 g/mol. The summed E-state index contributed by atoms with van der Waals surface area (Å²) in [6.07, 6.45) is 0. The molecule has 3 aromatic carbocycles. The number of para-hydroxylation sites is 1. The maximum absolute atomic E-state index is 12.9. The number of carbonyl (C=O) groups is 2. The summed E-state index contributed by atoms with van der Waals surface area (Å²) in [6, 6.07) is 21.1. The van der Waals surface area contributed by atoms with Crippen LogP contribution in [0.3, 0.4) is 0 Å². The first kappa shape index (κ1) is 16.5. The molecule has 0 aromatic heterocycles. The Labute approximate surface area is 145 Å². The van der Waals surface area contributed by atoms with E-state index < -0.39 is 5.97 Å². The van der Waals surface area contributed by atoms with Gasteiger partial charge in [-0.05, 0) is 37.3 Å². The van der Waals surface area contributed by atoms with E-state index in [1.807, 2.05) is 37.3 Å². The lowest BCUT2D eigenvalue weighted by atomic mass is 9.97. The van der Waals surface area contributed by atoms with Crippen LogP contribution < -0.4 is 5.32 Å². The van der Waals surface area contributed by atoms with Gasteiger partial charge in [0.05, 0.1) is 5.56 Å². The Morgan fingerprint density at radius 2 is 1.32 bits per heavy atom. The summed E-state index contributed by atoms with van der Waals surface area (Å²) in [5.74, 6) is -1.44. The smallest absolute Gasteiger partial charge is 0.336 e. The van der Waals surface area contributed by atoms with Crippen molar-refractivity contribution in [3.8, 4) is 0 Å².